The van der Waals surface area contributed by atoms with Gasteiger partial charge in [0.05, 0.1) is 19.3 Å². The van der Waals surface area contributed by atoms with Gasteiger partial charge in [0.1, 0.15) is 5.82 Å². The Morgan fingerprint density at radius 1 is 1.20 bits per heavy atom. The number of esters is 1. The Balaban J connectivity index is 1.94. The molecule has 0 fully saturated rings. The van der Waals surface area contributed by atoms with Gasteiger partial charge in [-0.1, -0.05) is 18.2 Å². The zero-order valence-electron chi connectivity index (χ0n) is 13.8. The van der Waals surface area contributed by atoms with Gasteiger partial charge in [0.25, 0.3) is 0 Å². The second kappa shape index (κ2) is 7.17. The normalized spacial score (nSPS) is 15.1. The van der Waals surface area contributed by atoms with Crippen LogP contribution in [-0.4, -0.2) is 25.6 Å². The number of carbonyl (C=O) groups excluding carboxylic acids is 1. The topological polar surface area (TPSA) is 57.1 Å². The number of benzene rings is 2. The summed E-state index contributed by atoms with van der Waals surface area (Å²) in [4.78, 5) is 16.1. The fourth-order valence-corrected chi connectivity index (χ4v) is 2.37. The summed E-state index contributed by atoms with van der Waals surface area (Å²) in [7, 11) is 1.55. The van der Waals surface area contributed by atoms with Crippen molar-refractivity contribution in [2.75, 3.05) is 13.7 Å². The molecule has 0 aliphatic carbocycles. The third-order valence-electron chi connectivity index (χ3n) is 3.52. The van der Waals surface area contributed by atoms with Crippen molar-refractivity contribution in [2.45, 2.75) is 6.92 Å². The molecule has 25 heavy (non-hydrogen) atoms. The molecule has 0 unspecified atom stereocenters. The van der Waals surface area contributed by atoms with Gasteiger partial charge in [0, 0.05) is 0 Å². The molecule has 0 saturated heterocycles. The monoisotopic (exact) mass is 341 g/mol. The molecule has 0 amide bonds. The molecule has 128 valence electrons. The fourth-order valence-electron chi connectivity index (χ4n) is 2.37. The molecular weight excluding hydrogens is 325 g/mol. The van der Waals surface area contributed by atoms with Gasteiger partial charge in [-0.25, -0.2) is 14.2 Å². The number of hydrogen-bond donors (Lipinski definition) is 0. The maximum Gasteiger partial charge on any atom is 0.363 e. The van der Waals surface area contributed by atoms with Crippen molar-refractivity contribution in [3.8, 4) is 11.5 Å². The minimum atomic E-state index is -0.632. The van der Waals surface area contributed by atoms with E-state index in [0.717, 1.165) is 0 Å². The Morgan fingerprint density at radius 2 is 2.00 bits per heavy atom. The third kappa shape index (κ3) is 3.52. The van der Waals surface area contributed by atoms with Crippen LogP contribution in [-0.2, 0) is 9.53 Å². The molecule has 0 saturated carbocycles. The SMILES string of the molecule is CCOc1cc(C=C2N=C(c3ccccc3F)OC2=O)ccc1OC. The molecule has 0 aromatic heterocycles. The van der Waals surface area contributed by atoms with Crippen molar-refractivity contribution in [3.63, 3.8) is 0 Å². The van der Waals surface area contributed by atoms with Gasteiger partial charge >= 0.3 is 5.97 Å². The molecule has 2 aromatic rings. The van der Waals surface area contributed by atoms with Gasteiger partial charge in [-0.2, -0.15) is 0 Å². The predicted octanol–water partition coefficient (Wildman–Crippen LogP) is 3.58. The van der Waals surface area contributed by atoms with E-state index in [4.69, 9.17) is 14.2 Å². The molecule has 3 rings (SSSR count). The van der Waals surface area contributed by atoms with E-state index < -0.39 is 11.8 Å². The van der Waals surface area contributed by atoms with Crippen molar-refractivity contribution in [1.82, 2.24) is 0 Å². The molecule has 1 aliphatic rings. The Labute approximate surface area is 144 Å². The lowest BCUT2D eigenvalue weighted by Crippen LogP contribution is -2.07. The second-order valence-corrected chi connectivity index (χ2v) is 5.16. The van der Waals surface area contributed by atoms with Crippen molar-refractivity contribution < 1.29 is 23.4 Å². The van der Waals surface area contributed by atoms with E-state index in [2.05, 4.69) is 4.99 Å². The number of methoxy groups -OCH3 is 1. The first-order chi connectivity index (χ1) is 12.1. The molecule has 0 N–H and O–H groups in total. The maximum absolute atomic E-state index is 13.8. The third-order valence-corrected chi connectivity index (χ3v) is 3.52. The Morgan fingerprint density at radius 3 is 2.72 bits per heavy atom. The van der Waals surface area contributed by atoms with Crippen molar-refractivity contribution in [2.24, 2.45) is 4.99 Å². The maximum atomic E-state index is 13.8. The van der Waals surface area contributed by atoms with E-state index >= 15 is 0 Å². The molecule has 6 heteroatoms. The molecule has 0 bridgehead atoms. The van der Waals surface area contributed by atoms with E-state index in [1.54, 1.807) is 43.5 Å². The summed E-state index contributed by atoms with van der Waals surface area (Å²) >= 11 is 0. The van der Waals surface area contributed by atoms with Gasteiger partial charge < -0.3 is 14.2 Å². The van der Waals surface area contributed by atoms with Gasteiger partial charge in [0.15, 0.2) is 17.2 Å². The van der Waals surface area contributed by atoms with E-state index in [1.807, 2.05) is 6.92 Å². The lowest BCUT2D eigenvalue weighted by atomic mass is 10.1. The average molecular weight is 341 g/mol. The van der Waals surface area contributed by atoms with Crippen LogP contribution in [0.2, 0.25) is 0 Å². The molecule has 1 heterocycles. The lowest BCUT2D eigenvalue weighted by Gasteiger charge is -2.09. The molecule has 1 aliphatic heterocycles. The van der Waals surface area contributed by atoms with Crippen LogP contribution in [0.25, 0.3) is 6.08 Å². The fraction of sp³-hybridized carbons (Fsp3) is 0.158. The first kappa shape index (κ1) is 16.7. The molecular formula is C19H16FNO4. The van der Waals surface area contributed by atoms with Crippen molar-refractivity contribution >= 4 is 17.9 Å². The summed E-state index contributed by atoms with van der Waals surface area (Å²) in [6, 6.07) is 11.2. The summed E-state index contributed by atoms with van der Waals surface area (Å²) in [5.41, 5.74) is 0.921. The number of rotatable bonds is 5. The van der Waals surface area contributed by atoms with Gasteiger partial charge in [-0.3, -0.25) is 0 Å². The number of halogens is 1. The van der Waals surface area contributed by atoms with E-state index in [0.29, 0.717) is 23.7 Å². The number of cyclic esters (lactones) is 1. The average Bonchev–Trinajstić information content (AvgIpc) is 2.96. The second-order valence-electron chi connectivity index (χ2n) is 5.16. The smallest absolute Gasteiger partial charge is 0.363 e. The molecule has 0 radical (unpaired) electrons. The highest BCUT2D eigenvalue weighted by Gasteiger charge is 2.26. The zero-order chi connectivity index (χ0) is 17.8. The standard InChI is InChI=1S/C19H16FNO4/c1-3-24-17-11-12(8-9-16(17)23-2)10-15-19(22)25-18(21-15)13-6-4-5-7-14(13)20/h4-11H,3H2,1-2H3. The minimum absolute atomic E-state index is 0.0482. The van der Waals surface area contributed by atoms with Crippen LogP contribution >= 0.6 is 0 Å². The van der Waals surface area contributed by atoms with Gasteiger partial charge in [-0.15, -0.1) is 0 Å². The highest BCUT2D eigenvalue weighted by Crippen LogP contribution is 2.29. The largest absolute Gasteiger partial charge is 0.493 e. The van der Waals surface area contributed by atoms with E-state index in [1.165, 1.54) is 12.1 Å². The van der Waals surface area contributed by atoms with E-state index in [9.17, 15) is 9.18 Å². The van der Waals surface area contributed by atoms with Gasteiger partial charge in [-0.05, 0) is 42.8 Å². The van der Waals surface area contributed by atoms with Crippen LogP contribution in [0, 0.1) is 5.82 Å². The number of nitrogens with zero attached hydrogens (tertiary/aromatic N) is 1. The van der Waals surface area contributed by atoms with E-state index in [-0.39, 0.29) is 17.2 Å². The van der Waals surface area contributed by atoms with Crippen LogP contribution in [0.1, 0.15) is 18.1 Å². The van der Waals surface area contributed by atoms with Crippen molar-refractivity contribution in [3.05, 3.63) is 65.1 Å². The number of aliphatic imine (C=N–C) groups is 1. The summed E-state index contributed by atoms with van der Waals surface area (Å²) in [6.45, 7) is 2.35. The zero-order valence-corrected chi connectivity index (χ0v) is 13.8. The van der Waals surface area contributed by atoms with Crippen molar-refractivity contribution in [1.29, 1.82) is 0 Å². The highest BCUT2D eigenvalue weighted by atomic mass is 19.1. The summed E-state index contributed by atoms with van der Waals surface area (Å²) < 4.78 is 29.6. The van der Waals surface area contributed by atoms with Crippen LogP contribution in [0.5, 0.6) is 11.5 Å². The number of ether oxygens (including phenoxy) is 3. The Kier molecular flexibility index (Phi) is 4.79. The Hall–Kier alpha value is -3.15. The summed E-state index contributed by atoms with van der Waals surface area (Å²) in [6.07, 6.45) is 1.55. The first-order valence-electron chi connectivity index (χ1n) is 7.70. The summed E-state index contributed by atoms with van der Waals surface area (Å²) in [5, 5.41) is 0. The highest BCUT2D eigenvalue weighted by molar-refractivity contribution is 6.12. The van der Waals surface area contributed by atoms with Crippen LogP contribution in [0.15, 0.2) is 53.2 Å². The lowest BCUT2D eigenvalue weighted by molar-refractivity contribution is -0.129. The molecule has 5 nitrogen and oxygen atoms in total. The summed E-state index contributed by atoms with van der Waals surface area (Å²) in [5.74, 6) is -0.0316. The number of carbonyl (C=O) groups is 1. The Bertz CT molecular complexity index is 873. The minimum Gasteiger partial charge on any atom is -0.493 e. The molecule has 0 atom stereocenters. The van der Waals surface area contributed by atoms with Crippen LogP contribution in [0.4, 0.5) is 4.39 Å². The first-order valence-corrected chi connectivity index (χ1v) is 7.70. The van der Waals surface area contributed by atoms with Crippen LogP contribution in [0.3, 0.4) is 0 Å². The quantitative estimate of drug-likeness (QED) is 0.616. The number of hydrogen-bond acceptors (Lipinski definition) is 5. The predicted molar refractivity (Wildman–Crippen MR) is 91.2 cm³/mol. The molecule has 0 spiro atoms. The van der Waals surface area contributed by atoms with Gasteiger partial charge in [0.2, 0.25) is 5.90 Å². The van der Waals surface area contributed by atoms with Crippen LogP contribution < -0.4 is 9.47 Å². The molecule has 2 aromatic carbocycles.